The van der Waals surface area contributed by atoms with Crippen LogP contribution in [0.15, 0.2) is 24.3 Å². The van der Waals surface area contributed by atoms with Crippen molar-refractivity contribution in [3.8, 4) is 0 Å². The van der Waals surface area contributed by atoms with E-state index in [1.54, 1.807) is 11.3 Å². The van der Waals surface area contributed by atoms with Crippen molar-refractivity contribution in [1.29, 1.82) is 0 Å². The molecule has 0 spiro atoms. The van der Waals surface area contributed by atoms with Crippen molar-refractivity contribution < 1.29 is 14.3 Å². The highest BCUT2D eigenvalue weighted by molar-refractivity contribution is 7.17. The minimum Gasteiger partial charge on any atom is -0.376 e. The van der Waals surface area contributed by atoms with E-state index in [4.69, 9.17) is 4.74 Å². The fourth-order valence-electron chi connectivity index (χ4n) is 3.87. The molecule has 1 fully saturated rings. The second-order valence-corrected chi connectivity index (χ2v) is 8.69. The summed E-state index contributed by atoms with van der Waals surface area (Å²) in [4.78, 5) is 27.0. The van der Waals surface area contributed by atoms with Crippen LogP contribution >= 0.6 is 11.3 Å². The molecule has 4 rings (SSSR count). The average molecular weight is 399 g/mol. The second-order valence-electron chi connectivity index (χ2n) is 7.58. The maximum Gasteiger partial charge on any atom is 0.256 e. The molecule has 28 heavy (non-hydrogen) atoms. The minimum atomic E-state index is -0.174. The summed E-state index contributed by atoms with van der Waals surface area (Å²) in [5, 5.41) is 6.70. The number of thiophene rings is 1. The zero-order valence-corrected chi connectivity index (χ0v) is 17.0. The predicted molar refractivity (Wildman–Crippen MR) is 111 cm³/mol. The van der Waals surface area contributed by atoms with Gasteiger partial charge >= 0.3 is 0 Å². The van der Waals surface area contributed by atoms with E-state index in [0.717, 1.165) is 56.3 Å². The van der Waals surface area contributed by atoms with Gasteiger partial charge in [0, 0.05) is 23.6 Å². The number of nitrogens with one attached hydrogen (secondary N) is 2. The second kappa shape index (κ2) is 8.45. The summed E-state index contributed by atoms with van der Waals surface area (Å²) in [5.74, 6) is -0.277. The summed E-state index contributed by atoms with van der Waals surface area (Å²) in [6, 6.07) is 7.47. The highest BCUT2D eigenvalue weighted by Gasteiger charge is 2.27. The molecule has 1 aromatic carbocycles. The Labute approximate surface area is 169 Å². The summed E-state index contributed by atoms with van der Waals surface area (Å²) in [6.45, 7) is 3.28. The third-order valence-corrected chi connectivity index (χ3v) is 6.66. The van der Waals surface area contributed by atoms with Crippen molar-refractivity contribution in [2.24, 2.45) is 0 Å². The summed E-state index contributed by atoms with van der Waals surface area (Å²) in [6.07, 6.45) is 6.23. The highest BCUT2D eigenvalue weighted by atomic mass is 32.1. The number of carbonyl (C=O) groups excluding carboxylic acids is 2. The molecule has 5 nitrogen and oxygen atoms in total. The molecule has 2 aliphatic rings. The van der Waals surface area contributed by atoms with Gasteiger partial charge in [-0.05, 0) is 63.1 Å². The highest BCUT2D eigenvalue weighted by Crippen LogP contribution is 2.38. The summed E-state index contributed by atoms with van der Waals surface area (Å²) in [5.41, 5.74) is 3.47. The predicted octanol–water partition coefficient (Wildman–Crippen LogP) is 4.10. The minimum absolute atomic E-state index is 0.101. The number of carbonyl (C=O) groups is 2. The molecule has 1 aliphatic heterocycles. The van der Waals surface area contributed by atoms with Gasteiger partial charge in [0.1, 0.15) is 5.00 Å². The molecule has 2 N–H and O–H groups in total. The zero-order chi connectivity index (χ0) is 19.5. The number of rotatable bonds is 5. The fraction of sp³-hybridized carbons (Fsp3) is 0.455. The number of anilines is 1. The van der Waals surface area contributed by atoms with E-state index in [9.17, 15) is 9.59 Å². The molecule has 6 heteroatoms. The Hall–Kier alpha value is -2.18. The largest absolute Gasteiger partial charge is 0.376 e. The molecule has 148 valence electrons. The molecular formula is C22H26N2O3S. The molecule has 1 aromatic heterocycles. The van der Waals surface area contributed by atoms with Crippen LogP contribution in [0.5, 0.6) is 0 Å². The Bertz CT molecular complexity index is 867. The van der Waals surface area contributed by atoms with Crippen molar-refractivity contribution in [1.82, 2.24) is 5.32 Å². The summed E-state index contributed by atoms with van der Waals surface area (Å²) < 4.78 is 5.61. The van der Waals surface area contributed by atoms with Gasteiger partial charge in [-0.25, -0.2) is 0 Å². The van der Waals surface area contributed by atoms with E-state index >= 15 is 0 Å². The van der Waals surface area contributed by atoms with Crippen LogP contribution in [0.4, 0.5) is 5.00 Å². The van der Waals surface area contributed by atoms with E-state index in [1.165, 1.54) is 4.88 Å². The van der Waals surface area contributed by atoms with E-state index in [1.807, 2.05) is 31.2 Å². The van der Waals surface area contributed by atoms with Gasteiger partial charge < -0.3 is 15.4 Å². The normalized spacial score (nSPS) is 18.5. The molecule has 0 radical (unpaired) electrons. The smallest absolute Gasteiger partial charge is 0.256 e. The Morgan fingerprint density at radius 3 is 2.64 bits per heavy atom. The van der Waals surface area contributed by atoms with E-state index in [2.05, 4.69) is 10.6 Å². The first kappa shape index (κ1) is 19.2. The topological polar surface area (TPSA) is 67.4 Å². The van der Waals surface area contributed by atoms with Gasteiger partial charge in [-0.1, -0.05) is 17.7 Å². The monoisotopic (exact) mass is 398 g/mol. The lowest BCUT2D eigenvalue weighted by Crippen LogP contribution is -2.32. The maximum atomic E-state index is 13.0. The molecule has 0 unspecified atom stereocenters. The molecule has 2 aromatic rings. The van der Waals surface area contributed by atoms with Crippen molar-refractivity contribution in [3.05, 3.63) is 51.4 Å². The van der Waals surface area contributed by atoms with Gasteiger partial charge in [0.15, 0.2) is 0 Å². The first-order valence-corrected chi connectivity index (χ1v) is 10.9. The SMILES string of the molecule is Cc1ccc(C(=O)Nc2sc3c(c2C(=O)NC[C@H]2CCCO2)CCCC3)cc1. The Morgan fingerprint density at radius 1 is 1.11 bits per heavy atom. The van der Waals surface area contributed by atoms with Gasteiger partial charge in [0.05, 0.1) is 11.7 Å². The van der Waals surface area contributed by atoms with Crippen LogP contribution in [0, 0.1) is 6.92 Å². The molecule has 0 saturated carbocycles. The number of amides is 2. The number of ether oxygens (including phenoxy) is 1. The van der Waals surface area contributed by atoms with Crippen molar-refractivity contribution >= 4 is 28.2 Å². The van der Waals surface area contributed by atoms with Gasteiger partial charge in [-0.2, -0.15) is 0 Å². The maximum absolute atomic E-state index is 13.0. The van der Waals surface area contributed by atoms with Crippen molar-refractivity contribution in [2.45, 2.75) is 51.6 Å². The number of hydrogen-bond donors (Lipinski definition) is 2. The molecule has 0 bridgehead atoms. The average Bonchev–Trinajstić information content (AvgIpc) is 3.34. The van der Waals surface area contributed by atoms with Crippen LogP contribution in [-0.2, 0) is 17.6 Å². The summed E-state index contributed by atoms with van der Waals surface area (Å²) >= 11 is 1.55. The van der Waals surface area contributed by atoms with Crippen LogP contribution in [0.3, 0.4) is 0 Å². The fourth-order valence-corrected chi connectivity index (χ4v) is 5.16. The van der Waals surface area contributed by atoms with E-state index < -0.39 is 0 Å². The van der Waals surface area contributed by atoms with E-state index in [0.29, 0.717) is 22.7 Å². The van der Waals surface area contributed by atoms with Crippen LogP contribution in [0.2, 0.25) is 0 Å². The quantitative estimate of drug-likeness (QED) is 0.797. The Kier molecular flexibility index (Phi) is 5.78. The number of aryl methyl sites for hydroxylation is 2. The molecule has 1 aliphatic carbocycles. The zero-order valence-electron chi connectivity index (χ0n) is 16.2. The third kappa shape index (κ3) is 4.13. The third-order valence-electron chi connectivity index (χ3n) is 5.45. The van der Waals surface area contributed by atoms with Crippen LogP contribution in [0.25, 0.3) is 0 Å². The van der Waals surface area contributed by atoms with E-state index in [-0.39, 0.29) is 17.9 Å². The molecule has 1 atom stereocenters. The van der Waals surface area contributed by atoms with Gasteiger partial charge in [-0.15, -0.1) is 11.3 Å². The first-order chi connectivity index (χ1) is 13.6. The van der Waals surface area contributed by atoms with Gasteiger partial charge in [0.25, 0.3) is 11.8 Å². The Morgan fingerprint density at radius 2 is 1.89 bits per heavy atom. The Balaban J connectivity index is 1.55. The lowest BCUT2D eigenvalue weighted by molar-refractivity contribution is 0.0858. The van der Waals surface area contributed by atoms with Gasteiger partial charge in [-0.3, -0.25) is 9.59 Å². The van der Waals surface area contributed by atoms with Crippen LogP contribution in [-0.4, -0.2) is 31.1 Å². The molecule has 2 heterocycles. The van der Waals surface area contributed by atoms with Crippen LogP contribution in [0.1, 0.15) is 62.4 Å². The first-order valence-electron chi connectivity index (χ1n) is 10.0. The molecule has 2 amide bonds. The number of benzene rings is 1. The van der Waals surface area contributed by atoms with Crippen molar-refractivity contribution in [3.63, 3.8) is 0 Å². The molecule has 1 saturated heterocycles. The lowest BCUT2D eigenvalue weighted by atomic mass is 9.95. The molecular weight excluding hydrogens is 372 g/mol. The van der Waals surface area contributed by atoms with Gasteiger partial charge in [0.2, 0.25) is 0 Å². The van der Waals surface area contributed by atoms with Crippen molar-refractivity contribution in [2.75, 3.05) is 18.5 Å². The van der Waals surface area contributed by atoms with Crippen LogP contribution < -0.4 is 10.6 Å². The summed E-state index contributed by atoms with van der Waals surface area (Å²) in [7, 11) is 0. The lowest BCUT2D eigenvalue weighted by Gasteiger charge is -2.15. The standard InChI is InChI=1S/C22H26N2O3S/c1-14-8-10-15(11-9-14)20(25)24-22-19(17-6-2-3-7-18(17)28-22)21(26)23-13-16-5-4-12-27-16/h8-11,16H,2-7,12-13H2,1H3,(H,23,26)(H,24,25)/t16-/m1/s1. The number of hydrogen-bond acceptors (Lipinski definition) is 4. The number of fused-ring (bicyclic) bond motifs is 1.